The number of hydrogen-bond donors (Lipinski definition) is 6. The zero-order valence-electron chi connectivity index (χ0n) is 15.8. The zero-order valence-corrected chi connectivity index (χ0v) is 16.7. The number of anilines is 2. The Hall–Kier alpha value is -2.19. The summed E-state index contributed by atoms with van der Waals surface area (Å²) in [4.78, 5) is 37.9. The molecule has 0 saturated carbocycles. The van der Waals surface area contributed by atoms with Crippen LogP contribution < -0.4 is 16.5 Å². The lowest BCUT2D eigenvalue weighted by Crippen LogP contribution is -2.47. The first-order chi connectivity index (χ1) is 13.5. The van der Waals surface area contributed by atoms with Crippen molar-refractivity contribution in [3.8, 4) is 0 Å². The molecule has 2 aromatic rings. The number of nitrogens with one attached hydrogen (secondary N) is 1. The third-order valence-corrected chi connectivity index (χ3v) is 4.62. The molecule has 2 rings (SSSR count). The van der Waals surface area contributed by atoms with Gasteiger partial charge in [-0.3, -0.25) is 9.32 Å². The lowest BCUT2D eigenvalue weighted by atomic mass is 9.99. The molecule has 0 radical (unpaired) electrons. The van der Waals surface area contributed by atoms with E-state index in [0.717, 1.165) is 6.33 Å². The van der Waals surface area contributed by atoms with Gasteiger partial charge in [0, 0.05) is 20.1 Å². The fourth-order valence-electron chi connectivity index (χ4n) is 2.57. The van der Waals surface area contributed by atoms with Gasteiger partial charge in [0.25, 0.3) is 0 Å². The second-order valence-corrected chi connectivity index (χ2v) is 7.54. The lowest BCUT2D eigenvalue weighted by molar-refractivity contribution is -0.0873. The van der Waals surface area contributed by atoms with Gasteiger partial charge in [0.05, 0.1) is 12.7 Å². The molecule has 7 N–H and O–H groups in total. The molecular weight excluding hydrogens is 411 g/mol. The average Bonchev–Trinajstić information content (AvgIpc) is 2.66. The number of phosphoric acid groups is 1. The van der Waals surface area contributed by atoms with E-state index in [2.05, 4.69) is 24.9 Å². The third-order valence-electron chi connectivity index (χ3n) is 4.13. The summed E-state index contributed by atoms with van der Waals surface area (Å²) in [6.45, 7) is 0.899. The Morgan fingerprint density at radius 2 is 1.97 bits per heavy atom. The number of aliphatic hydroxyl groups is 2. The van der Waals surface area contributed by atoms with Gasteiger partial charge in [0.1, 0.15) is 23.6 Å². The Labute approximate surface area is 164 Å². The van der Waals surface area contributed by atoms with Crippen LogP contribution >= 0.6 is 7.82 Å². The minimum atomic E-state index is -4.73. The van der Waals surface area contributed by atoms with Crippen LogP contribution in [0.5, 0.6) is 0 Å². The van der Waals surface area contributed by atoms with Gasteiger partial charge in [-0.25, -0.2) is 19.2 Å². The normalized spacial score (nSPS) is 16.4. The highest BCUT2D eigenvalue weighted by Gasteiger charge is 2.32. The first kappa shape index (κ1) is 23.1. The number of ether oxygens (including phenoxy) is 1. The van der Waals surface area contributed by atoms with Gasteiger partial charge in [0.15, 0.2) is 17.7 Å². The Balaban J connectivity index is 2.27. The molecule has 15 heteroatoms. The molecule has 0 amide bonds. The number of hydrogen-bond acceptors (Lipinski definition) is 11. The Bertz CT molecular complexity index is 965. The van der Waals surface area contributed by atoms with E-state index in [-0.39, 0.29) is 22.7 Å². The second kappa shape index (κ2) is 9.09. The second-order valence-electron chi connectivity index (χ2n) is 6.30. The Morgan fingerprint density at radius 1 is 1.31 bits per heavy atom. The molecule has 2 aromatic heterocycles. The van der Waals surface area contributed by atoms with Crippen LogP contribution in [0, 0.1) is 5.92 Å². The first-order valence-corrected chi connectivity index (χ1v) is 9.82. The molecule has 4 atom stereocenters. The van der Waals surface area contributed by atoms with Crippen LogP contribution in [-0.4, -0.2) is 71.9 Å². The van der Waals surface area contributed by atoms with E-state index in [1.165, 1.54) is 25.8 Å². The molecule has 2 heterocycles. The number of nitrogens with two attached hydrogens (primary N) is 1. The van der Waals surface area contributed by atoms with Gasteiger partial charge in [-0.2, -0.15) is 0 Å². The van der Waals surface area contributed by atoms with Gasteiger partial charge in [-0.15, -0.1) is 5.10 Å². The largest absolute Gasteiger partial charge is 0.469 e. The van der Waals surface area contributed by atoms with Crippen molar-refractivity contribution < 1.29 is 33.8 Å². The fraction of sp³-hybridized carbons (Fsp3) is 0.571. The maximum absolute atomic E-state index is 12.4. The number of rotatable bonds is 9. The smallest absolute Gasteiger partial charge is 0.390 e. The monoisotopic (exact) mass is 434 g/mol. The van der Waals surface area contributed by atoms with E-state index in [4.69, 9.17) is 20.3 Å². The minimum Gasteiger partial charge on any atom is -0.390 e. The molecule has 0 fully saturated rings. The Morgan fingerprint density at radius 3 is 2.55 bits per heavy atom. The van der Waals surface area contributed by atoms with Gasteiger partial charge in [0.2, 0.25) is 5.43 Å². The van der Waals surface area contributed by atoms with Crippen molar-refractivity contribution in [1.82, 2.24) is 19.7 Å². The highest BCUT2D eigenvalue weighted by atomic mass is 31.2. The van der Waals surface area contributed by atoms with E-state index in [0.29, 0.717) is 0 Å². The standard InChI is InChI=1S/C14H23N6O8P/c1-6(4-28-29(24,25)26)8(21)10(23)14(27-3)18-12-7-9(22)11(15)19-20(2)13(7)17-5-16-12/h5-6,8,10,14,21,23H,4H2,1-3H3,(H2,15,19)(H,16,17,18)(H2,24,25,26). The molecule has 0 spiro atoms. The molecule has 0 aliphatic heterocycles. The van der Waals surface area contributed by atoms with E-state index >= 15 is 0 Å². The third kappa shape index (κ3) is 5.45. The number of aromatic nitrogens is 4. The number of aryl methyl sites for hydroxylation is 1. The van der Waals surface area contributed by atoms with Crippen molar-refractivity contribution >= 4 is 30.5 Å². The predicted molar refractivity (Wildman–Crippen MR) is 101 cm³/mol. The van der Waals surface area contributed by atoms with Gasteiger partial charge in [-0.1, -0.05) is 6.92 Å². The lowest BCUT2D eigenvalue weighted by Gasteiger charge is -2.30. The fourth-order valence-corrected chi connectivity index (χ4v) is 3.00. The number of aliphatic hydroxyl groups excluding tert-OH is 2. The summed E-state index contributed by atoms with van der Waals surface area (Å²) in [6, 6.07) is 0. The minimum absolute atomic E-state index is 0.00382. The molecule has 0 saturated heterocycles. The summed E-state index contributed by atoms with van der Waals surface area (Å²) < 4.78 is 21.6. The molecular formula is C14H23N6O8P. The highest BCUT2D eigenvalue weighted by molar-refractivity contribution is 7.46. The number of fused-ring (bicyclic) bond motifs is 1. The van der Waals surface area contributed by atoms with E-state index in [9.17, 15) is 19.6 Å². The van der Waals surface area contributed by atoms with E-state index in [1.54, 1.807) is 0 Å². The van der Waals surface area contributed by atoms with E-state index < -0.39 is 44.2 Å². The SMILES string of the molecule is COC(Nc1ncnc2c1c(=O)c(N)nn2C)C(O)C(O)C(C)COP(=O)(O)O. The molecule has 29 heavy (non-hydrogen) atoms. The maximum Gasteiger partial charge on any atom is 0.469 e. The number of methoxy groups -OCH3 is 1. The number of nitrogen functional groups attached to an aromatic ring is 1. The van der Waals surface area contributed by atoms with Crippen molar-refractivity contribution in [2.24, 2.45) is 13.0 Å². The van der Waals surface area contributed by atoms with Crippen molar-refractivity contribution in [2.75, 3.05) is 24.8 Å². The van der Waals surface area contributed by atoms with Crippen LogP contribution in [0.2, 0.25) is 0 Å². The van der Waals surface area contributed by atoms with Crippen LogP contribution in [0.3, 0.4) is 0 Å². The molecule has 0 aliphatic rings. The average molecular weight is 434 g/mol. The Kier molecular flexibility index (Phi) is 7.24. The quantitative estimate of drug-likeness (QED) is 0.189. The topological polar surface area (TPSA) is 215 Å². The predicted octanol–water partition coefficient (Wildman–Crippen LogP) is -1.84. The maximum atomic E-state index is 12.4. The summed E-state index contributed by atoms with van der Waals surface area (Å²) in [5.41, 5.74) is 5.15. The van der Waals surface area contributed by atoms with Crippen molar-refractivity contribution in [1.29, 1.82) is 0 Å². The number of phosphoric ester groups is 1. The van der Waals surface area contributed by atoms with Crippen LogP contribution in [0.15, 0.2) is 11.1 Å². The van der Waals surface area contributed by atoms with Gasteiger partial charge >= 0.3 is 7.82 Å². The molecule has 0 aromatic carbocycles. The summed E-state index contributed by atoms with van der Waals surface area (Å²) >= 11 is 0. The summed E-state index contributed by atoms with van der Waals surface area (Å²) in [5.74, 6) is -1.16. The first-order valence-electron chi connectivity index (χ1n) is 8.29. The van der Waals surface area contributed by atoms with E-state index in [1.807, 2.05) is 0 Å². The van der Waals surface area contributed by atoms with Gasteiger partial charge in [-0.05, 0) is 0 Å². The highest BCUT2D eigenvalue weighted by Crippen LogP contribution is 2.36. The van der Waals surface area contributed by atoms with Crippen LogP contribution in [0.4, 0.5) is 11.6 Å². The van der Waals surface area contributed by atoms with Crippen molar-refractivity contribution in [2.45, 2.75) is 25.4 Å². The molecule has 162 valence electrons. The summed E-state index contributed by atoms with van der Waals surface area (Å²) in [6.07, 6.45) is -3.17. The molecule has 14 nitrogen and oxygen atoms in total. The van der Waals surface area contributed by atoms with Crippen LogP contribution in [0.25, 0.3) is 11.0 Å². The zero-order chi connectivity index (χ0) is 21.9. The summed E-state index contributed by atoms with van der Waals surface area (Å²) in [7, 11) is -1.96. The van der Waals surface area contributed by atoms with Crippen molar-refractivity contribution in [3.05, 3.63) is 16.6 Å². The molecule has 0 aliphatic carbocycles. The molecule has 4 unspecified atom stereocenters. The number of nitrogens with zero attached hydrogens (tertiary/aromatic N) is 4. The van der Waals surface area contributed by atoms with Crippen LogP contribution in [0.1, 0.15) is 6.92 Å². The molecule has 0 bridgehead atoms. The van der Waals surface area contributed by atoms with Crippen molar-refractivity contribution in [3.63, 3.8) is 0 Å². The van der Waals surface area contributed by atoms with Gasteiger partial charge < -0.3 is 35.8 Å². The van der Waals surface area contributed by atoms with Crippen LogP contribution in [-0.2, 0) is 20.9 Å². The summed E-state index contributed by atoms with van der Waals surface area (Å²) in [5, 5.41) is 27.3.